The number of aldehydes is 1. The molecule has 0 aromatic heterocycles. The average Bonchev–Trinajstić information content (AvgIpc) is 2.29. The van der Waals surface area contributed by atoms with Crippen molar-refractivity contribution in [2.45, 2.75) is 13.3 Å². The fraction of sp³-hybridized carbons (Fsp3) is 0.417. The Labute approximate surface area is 101 Å². The topological polar surface area (TPSA) is 38.3 Å². The second-order valence-electron chi connectivity index (χ2n) is 3.36. The standard InChI is InChI=1S/C12H16ClNO2/c1-2-14-6-3-7-16-11-5-4-10(9-15)12(13)8-11/h4-5,8-9,14H,2-3,6-7H2,1H3. The first kappa shape index (κ1) is 13.0. The highest BCUT2D eigenvalue weighted by Gasteiger charge is 2.01. The summed E-state index contributed by atoms with van der Waals surface area (Å²) in [5, 5.41) is 3.64. The maximum Gasteiger partial charge on any atom is 0.151 e. The number of ether oxygens (including phenoxy) is 1. The predicted octanol–water partition coefficient (Wildman–Crippen LogP) is 2.53. The molecular formula is C12H16ClNO2. The minimum Gasteiger partial charge on any atom is -0.493 e. The Balaban J connectivity index is 2.37. The van der Waals surface area contributed by atoms with Gasteiger partial charge in [-0.05, 0) is 37.7 Å². The van der Waals surface area contributed by atoms with E-state index in [0.717, 1.165) is 25.8 Å². The van der Waals surface area contributed by atoms with Gasteiger partial charge in [-0.15, -0.1) is 0 Å². The van der Waals surface area contributed by atoms with Crippen molar-refractivity contribution in [2.75, 3.05) is 19.7 Å². The van der Waals surface area contributed by atoms with Gasteiger partial charge in [-0.25, -0.2) is 0 Å². The molecule has 16 heavy (non-hydrogen) atoms. The fourth-order valence-corrected chi connectivity index (χ4v) is 1.47. The van der Waals surface area contributed by atoms with E-state index in [-0.39, 0.29) is 0 Å². The highest BCUT2D eigenvalue weighted by molar-refractivity contribution is 6.33. The summed E-state index contributed by atoms with van der Waals surface area (Å²) in [7, 11) is 0. The molecule has 0 saturated heterocycles. The van der Waals surface area contributed by atoms with Crippen LogP contribution >= 0.6 is 11.6 Å². The van der Waals surface area contributed by atoms with Crippen LogP contribution in [0.2, 0.25) is 5.02 Å². The van der Waals surface area contributed by atoms with E-state index < -0.39 is 0 Å². The molecule has 0 aliphatic rings. The molecule has 1 aromatic rings. The van der Waals surface area contributed by atoms with Crippen LogP contribution in [0.5, 0.6) is 5.75 Å². The van der Waals surface area contributed by atoms with Crippen molar-refractivity contribution in [2.24, 2.45) is 0 Å². The summed E-state index contributed by atoms with van der Waals surface area (Å²) in [6.45, 7) is 4.62. The summed E-state index contributed by atoms with van der Waals surface area (Å²) in [4.78, 5) is 10.5. The van der Waals surface area contributed by atoms with Crippen molar-refractivity contribution >= 4 is 17.9 Å². The van der Waals surface area contributed by atoms with Crippen molar-refractivity contribution in [1.82, 2.24) is 5.32 Å². The van der Waals surface area contributed by atoms with Gasteiger partial charge >= 0.3 is 0 Å². The Kier molecular flexibility index (Phi) is 5.90. The monoisotopic (exact) mass is 241 g/mol. The first-order chi connectivity index (χ1) is 7.77. The molecule has 88 valence electrons. The quantitative estimate of drug-likeness (QED) is 0.589. The summed E-state index contributed by atoms with van der Waals surface area (Å²) in [6, 6.07) is 5.08. The largest absolute Gasteiger partial charge is 0.493 e. The van der Waals surface area contributed by atoms with Gasteiger partial charge in [0, 0.05) is 5.56 Å². The molecule has 0 unspecified atom stereocenters. The number of rotatable bonds is 7. The molecular weight excluding hydrogens is 226 g/mol. The van der Waals surface area contributed by atoms with Crippen LogP contribution in [0.3, 0.4) is 0 Å². The highest BCUT2D eigenvalue weighted by Crippen LogP contribution is 2.21. The third-order valence-corrected chi connectivity index (χ3v) is 2.44. The van der Waals surface area contributed by atoms with E-state index in [4.69, 9.17) is 16.3 Å². The van der Waals surface area contributed by atoms with E-state index in [0.29, 0.717) is 22.9 Å². The van der Waals surface area contributed by atoms with E-state index in [9.17, 15) is 4.79 Å². The van der Waals surface area contributed by atoms with Crippen LogP contribution < -0.4 is 10.1 Å². The van der Waals surface area contributed by atoms with Crippen LogP contribution in [0.15, 0.2) is 18.2 Å². The fourth-order valence-electron chi connectivity index (χ4n) is 1.26. The molecule has 0 fully saturated rings. The molecule has 1 rings (SSSR count). The van der Waals surface area contributed by atoms with Crippen molar-refractivity contribution in [3.63, 3.8) is 0 Å². The first-order valence-corrected chi connectivity index (χ1v) is 5.74. The Bertz CT molecular complexity index is 342. The van der Waals surface area contributed by atoms with Gasteiger partial charge in [0.25, 0.3) is 0 Å². The van der Waals surface area contributed by atoms with Gasteiger partial charge in [-0.2, -0.15) is 0 Å². The van der Waals surface area contributed by atoms with Crippen LogP contribution in [0.1, 0.15) is 23.7 Å². The summed E-state index contributed by atoms with van der Waals surface area (Å²) in [5.41, 5.74) is 0.488. The molecule has 0 spiro atoms. The van der Waals surface area contributed by atoms with Crippen molar-refractivity contribution in [1.29, 1.82) is 0 Å². The normalized spacial score (nSPS) is 10.1. The zero-order chi connectivity index (χ0) is 11.8. The van der Waals surface area contributed by atoms with Gasteiger partial charge in [0.1, 0.15) is 5.75 Å². The lowest BCUT2D eigenvalue weighted by Crippen LogP contribution is -2.16. The van der Waals surface area contributed by atoms with Crippen LogP contribution in [-0.2, 0) is 0 Å². The Morgan fingerprint density at radius 1 is 1.50 bits per heavy atom. The Morgan fingerprint density at radius 2 is 2.31 bits per heavy atom. The van der Waals surface area contributed by atoms with Crippen molar-refractivity contribution in [3.8, 4) is 5.75 Å². The summed E-state index contributed by atoms with van der Waals surface area (Å²) in [5.74, 6) is 0.701. The van der Waals surface area contributed by atoms with Gasteiger partial charge in [-0.1, -0.05) is 18.5 Å². The molecule has 0 radical (unpaired) electrons. The molecule has 0 atom stereocenters. The number of benzene rings is 1. The first-order valence-electron chi connectivity index (χ1n) is 5.36. The Morgan fingerprint density at radius 3 is 2.94 bits per heavy atom. The van der Waals surface area contributed by atoms with E-state index in [1.54, 1.807) is 18.2 Å². The number of carbonyl (C=O) groups is 1. The molecule has 0 aliphatic carbocycles. The molecule has 0 amide bonds. The molecule has 0 heterocycles. The molecule has 0 saturated carbocycles. The lowest BCUT2D eigenvalue weighted by Gasteiger charge is -2.07. The lowest BCUT2D eigenvalue weighted by atomic mass is 10.2. The molecule has 1 N–H and O–H groups in total. The minimum atomic E-state index is 0.430. The highest BCUT2D eigenvalue weighted by atomic mass is 35.5. The second kappa shape index (κ2) is 7.25. The number of nitrogens with one attached hydrogen (secondary N) is 1. The molecule has 0 bridgehead atoms. The lowest BCUT2D eigenvalue weighted by molar-refractivity contribution is 0.112. The van der Waals surface area contributed by atoms with E-state index in [2.05, 4.69) is 12.2 Å². The smallest absolute Gasteiger partial charge is 0.151 e. The van der Waals surface area contributed by atoms with Crippen LogP contribution in [-0.4, -0.2) is 26.0 Å². The second-order valence-corrected chi connectivity index (χ2v) is 3.76. The van der Waals surface area contributed by atoms with Crippen LogP contribution in [0.25, 0.3) is 0 Å². The van der Waals surface area contributed by atoms with Gasteiger partial charge in [0.15, 0.2) is 6.29 Å². The number of hydrogen-bond acceptors (Lipinski definition) is 3. The van der Waals surface area contributed by atoms with Gasteiger partial charge in [0.05, 0.1) is 11.6 Å². The van der Waals surface area contributed by atoms with Crippen molar-refractivity contribution < 1.29 is 9.53 Å². The summed E-state index contributed by atoms with van der Waals surface area (Å²) >= 11 is 5.87. The summed E-state index contributed by atoms with van der Waals surface area (Å²) < 4.78 is 5.49. The SMILES string of the molecule is CCNCCCOc1ccc(C=O)c(Cl)c1. The van der Waals surface area contributed by atoms with E-state index in [1.807, 2.05) is 0 Å². The zero-order valence-electron chi connectivity index (χ0n) is 9.33. The zero-order valence-corrected chi connectivity index (χ0v) is 10.1. The third-order valence-electron chi connectivity index (χ3n) is 2.12. The number of carbonyl (C=O) groups excluding carboxylic acids is 1. The summed E-state index contributed by atoms with van der Waals surface area (Å²) in [6.07, 6.45) is 1.68. The predicted molar refractivity (Wildman–Crippen MR) is 65.5 cm³/mol. The van der Waals surface area contributed by atoms with Gasteiger partial charge in [-0.3, -0.25) is 4.79 Å². The number of hydrogen-bond donors (Lipinski definition) is 1. The van der Waals surface area contributed by atoms with Crippen LogP contribution in [0.4, 0.5) is 0 Å². The number of halogens is 1. The minimum absolute atomic E-state index is 0.430. The van der Waals surface area contributed by atoms with Gasteiger partial charge < -0.3 is 10.1 Å². The molecule has 3 nitrogen and oxygen atoms in total. The van der Waals surface area contributed by atoms with Crippen molar-refractivity contribution in [3.05, 3.63) is 28.8 Å². The van der Waals surface area contributed by atoms with Crippen LogP contribution in [0, 0.1) is 0 Å². The van der Waals surface area contributed by atoms with E-state index >= 15 is 0 Å². The maximum absolute atomic E-state index is 10.5. The maximum atomic E-state index is 10.5. The third kappa shape index (κ3) is 4.21. The molecule has 1 aromatic carbocycles. The Hall–Kier alpha value is -1.06. The average molecular weight is 242 g/mol. The van der Waals surface area contributed by atoms with Gasteiger partial charge in [0.2, 0.25) is 0 Å². The van der Waals surface area contributed by atoms with E-state index in [1.165, 1.54) is 0 Å². The molecule has 0 aliphatic heterocycles. The molecule has 4 heteroatoms.